The maximum atomic E-state index is 11.3. The highest BCUT2D eigenvalue weighted by Crippen LogP contribution is 2.27. The molecule has 2 aromatic rings. The van der Waals surface area contributed by atoms with Crippen molar-refractivity contribution in [1.82, 2.24) is 0 Å². The first-order valence-electron chi connectivity index (χ1n) is 4.12. The second-order valence-corrected chi connectivity index (χ2v) is 2.96. The summed E-state index contributed by atoms with van der Waals surface area (Å²) in [5.41, 5.74) is -0.150. The van der Waals surface area contributed by atoms with Crippen LogP contribution in [0.15, 0.2) is 36.4 Å². The highest BCUT2D eigenvalue weighted by molar-refractivity contribution is 6.06. The van der Waals surface area contributed by atoms with Gasteiger partial charge in [0.05, 0.1) is 0 Å². The summed E-state index contributed by atoms with van der Waals surface area (Å²) in [5, 5.41) is 21.4. The van der Waals surface area contributed by atoms with E-state index in [0.29, 0.717) is 5.39 Å². The Kier molecular flexibility index (Phi) is 1.85. The Bertz CT molecular complexity index is 503. The van der Waals surface area contributed by atoms with Gasteiger partial charge in [0.25, 0.3) is 0 Å². The maximum absolute atomic E-state index is 11.3. The molecular weight excluding hydrogens is 180 g/mol. The van der Waals surface area contributed by atoms with Crippen LogP contribution in [0.5, 0.6) is 5.75 Å². The Labute approximate surface area is 80.2 Å². The number of fused-ring (bicyclic) bond motifs is 1. The van der Waals surface area contributed by atoms with Gasteiger partial charge in [-0.25, -0.2) is 4.79 Å². The number of hydrogen-bond acceptors (Lipinski definition) is 1. The summed E-state index contributed by atoms with van der Waals surface area (Å²) < 4.78 is 0. The minimum Gasteiger partial charge on any atom is -0.478 e. The summed E-state index contributed by atoms with van der Waals surface area (Å²) in [4.78, 5) is 10.8. The smallest absolute Gasteiger partial charge is 0.340 e. The van der Waals surface area contributed by atoms with Gasteiger partial charge in [0.1, 0.15) is 5.56 Å². The lowest BCUT2D eigenvalue weighted by atomic mass is 10.0. The quantitative estimate of drug-likeness (QED) is 0.746. The zero-order valence-corrected chi connectivity index (χ0v) is 7.23. The fraction of sp³-hybridized carbons (Fsp3) is 0. The Hall–Kier alpha value is -2.03. The number of rotatable bonds is 1. The van der Waals surface area contributed by atoms with Crippen molar-refractivity contribution in [2.24, 2.45) is 0 Å². The zero-order valence-electron chi connectivity index (χ0n) is 7.23. The molecule has 2 rings (SSSR count). The van der Waals surface area contributed by atoms with Crippen LogP contribution in [0.4, 0.5) is 0 Å². The van der Waals surface area contributed by atoms with E-state index < -0.39 is 11.7 Å². The van der Waals surface area contributed by atoms with Crippen molar-refractivity contribution in [3.63, 3.8) is 0 Å². The number of benzene rings is 2. The molecular formula is C11H7O3. The van der Waals surface area contributed by atoms with Gasteiger partial charge in [-0.3, -0.25) is 5.11 Å². The lowest BCUT2D eigenvalue weighted by Gasteiger charge is -2.02. The largest absolute Gasteiger partial charge is 0.478 e. The van der Waals surface area contributed by atoms with Gasteiger partial charge in [-0.15, -0.1) is 0 Å². The van der Waals surface area contributed by atoms with Crippen molar-refractivity contribution < 1.29 is 15.0 Å². The van der Waals surface area contributed by atoms with Gasteiger partial charge < -0.3 is 5.11 Å². The normalized spacial score (nSPS) is 10.3. The fourth-order valence-corrected chi connectivity index (χ4v) is 1.47. The molecule has 69 valence electrons. The van der Waals surface area contributed by atoms with Crippen LogP contribution in [0, 0.1) is 0 Å². The van der Waals surface area contributed by atoms with Gasteiger partial charge >= 0.3 is 5.97 Å². The summed E-state index contributed by atoms with van der Waals surface area (Å²) in [5.74, 6) is -1.62. The minimum atomic E-state index is -1.17. The summed E-state index contributed by atoms with van der Waals surface area (Å²) in [6, 6.07) is 9.85. The van der Waals surface area contributed by atoms with E-state index in [0.717, 1.165) is 5.39 Å². The second-order valence-electron chi connectivity index (χ2n) is 2.96. The highest BCUT2D eigenvalue weighted by Gasteiger charge is 2.14. The van der Waals surface area contributed by atoms with Crippen LogP contribution >= 0.6 is 0 Å². The summed E-state index contributed by atoms with van der Waals surface area (Å²) in [6.45, 7) is 0. The first-order valence-corrected chi connectivity index (χ1v) is 4.12. The van der Waals surface area contributed by atoms with Crippen molar-refractivity contribution in [3.05, 3.63) is 42.0 Å². The van der Waals surface area contributed by atoms with E-state index in [-0.39, 0.29) is 5.56 Å². The first kappa shape index (κ1) is 8.56. The van der Waals surface area contributed by atoms with Crippen LogP contribution < -0.4 is 0 Å². The molecule has 0 aliphatic rings. The highest BCUT2D eigenvalue weighted by atomic mass is 16.4. The van der Waals surface area contributed by atoms with Crippen molar-refractivity contribution in [2.45, 2.75) is 0 Å². The van der Waals surface area contributed by atoms with E-state index in [2.05, 4.69) is 0 Å². The Morgan fingerprint density at radius 1 is 1.07 bits per heavy atom. The van der Waals surface area contributed by atoms with E-state index >= 15 is 0 Å². The van der Waals surface area contributed by atoms with Crippen LogP contribution in [0.1, 0.15) is 10.4 Å². The Morgan fingerprint density at radius 2 is 1.79 bits per heavy atom. The zero-order chi connectivity index (χ0) is 10.1. The van der Waals surface area contributed by atoms with Crippen molar-refractivity contribution in [1.29, 1.82) is 0 Å². The molecule has 3 nitrogen and oxygen atoms in total. The second kappa shape index (κ2) is 3.03. The number of carboxylic acids is 1. The number of carbonyl (C=O) groups is 1. The first-order chi connectivity index (χ1) is 6.70. The predicted octanol–water partition coefficient (Wildman–Crippen LogP) is 2.68. The van der Waals surface area contributed by atoms with Gasteiger partial charge in [-0.1, -0.05) is 30.3 Å². The molecule has 0 fully saturated rings. The molecule has 2 aromatic carbocycles. The molecule has 0 unspecified atom stereocenters. The molecule has 0 saturated carbocycles. The molecule has 0 saturated heterocycles. The Balaban J connectivity index is 2.90. The monoisotopic (exact) mass is 187 g/mol. The number of hydrogen-bond donors (Lipinski definition) is 1. The lowest BCUT2D eigenvalue weighted by Crippen LogP contribution is -1.97. The number of aromatic carboxylic acids is 1. The standard InChI is InChI=1S/C11H7O3/c12-9-6-5-7-3-1-2-4-8(7)10(9)11(13)14/h1-6H,(H,13,14). The van der Waals surface area contributed by atoms with Crippen LogP contribution in [-0.2, 0) is 5.11 Å². The molecule has 0 spiro atoms. The van der Waals surface area contributed by atoms with E-state index in [1.807, 2.05) is 0 Å². The molecule has 0 heterocycles. The molecule has 1 radical (unpaired) electrons. The number of carboxylic acid groups (broad SMARTS) is 1. The van der Waals surface area contributed by atoms with Gasteiger partial charge in [0, 0.05) is 5.39 Å². The fourth-order valence-electron chi connectivity index (χ4n) is 1.47. The summed E-state index contributed by atoms with van der Waals surface area (Å²) >= 11 is 0. The summed E-state index contributed by atoms with van der Waals surface area (Å²) in [6.07, 6.45) is 0. The molecule has 0 aliphatic heterocycles. The van der Waals surface area contributed by atoms with Crippen LogP contribution in [0.2, 0.25) is 0 Å². The topological polar surface area (TPSA) is 57.2 Å². The molecule has 0 aliphatic carbocycles. The predicted molar refractivity (Wildman–Crippen MR) is 51.0 cm³/mol. The minimum absolute atomic E-state index is 0.150. The molecule has 0 amide bonds. The van der Waals surface area contributed by atoms with E-state index in [9.17, 15) is 9.90 Å². The third-order valence-corrected chi connectivity index (χ3v) is 2.10. The molecule has 0 atom stereocenters. The van der Waals surface area contributed by atoms with Crippen molar-refractivity contribution in [3.8, 4) is 5.75 Å². The third kappa shape index (κ3) is 1.19. The van der Waals surface area contributed by atoms with Crippen molar-refractivity contribution >= 4 is 16.7 Å². The summed E-state index contributed by atoms with van der Waals surface area (Å²) in [7, 11) is 0. The SMILES string of the molecule is [O]c1ccc2ccccc2c1C(=O)O. The van der Waals surface area contributed by atoms with Gasteiger partial charge in [0.15, 0.2) is 5.75 Å². The van der Waals surface area contributed by atoms with Crippen LogP contribution in [-0.4, -0.2) is 11.1 Å². The van der Waals surface area contributed by atoms with Gasteiger partial charge in [-0.05, 0) is 11.5 Å². The van der Waals surface area contributed by atoms with Gasteiger partial charge in [0.2, 0.25) is 0 Å². The van der Waals surface area contributed by atoms with E-state index in [1.165, 1.54) is 6.07 Å². The average Bonchev–Trinajstić information content (AvgIpc) is 2.17. The lowest BCUT2D eigenvalue weighted by molar-refractivity contribution is 0.0694. The Morgan fingerprint density at radius 3 is 2.50 bits per heavy atom. The van der Waals surface area contributed by atoms with E-state index in [4.69, 9.17) is 5.11 Å². The van der Waals surface area contributed by atoms with Crippen LogP contribution in [0.25, 0.3) is 10.8 Å². The van der Waals surface area contributed by atoms with Gasteiger partial charge in [-0.2, -0.15) is 0 Å². The molecule has 3 heteroatoms. The molecule has 14 heavy (non-hydrogen) atoms. The molecule has 1 N–H and O–H groups in total. The van der Waals surface area contributed by atoms with Crippen molar-refractivity contribution in [2.75, 3.05) is 0 Å². The third-order valence-electron chi connectivity index (χ3n) is 2.10. The maximum Gasteiger partial charge on any atom is 0.340 e. The molecule has 0 aromatic heterocycles. The van der Waals surface area contributed by atoms with E-state index in [1.54, 1.807) is 30.3 Å². The van der Waals surface area contributed by atoms with Crippen LogP contribution in [0.3, 0.4) is 0 Å². The molecule has 0 bridgehead atoms. The average molecular weight is 187 g/mol.